The minimum Gasteiger partial charge on any atom is -0.388 e. The number of aromatic nitrogens is 1. The Morgan fingerprint density at radius 3 is 2.89 bits per heavy atom. The second-order valence-corrected chi connectivity index (χ2v) is 4.99. The molecule has 0 fully saturated rings. The van der Waals surface area contributed by atoms with Crippen LogP contribution < -0.4 is 0 Å². The summed E-state index contributed by atoms with van der Waals surface area (Å²) in [6, 6.07) is 8.08. The lowest BCUT2D eigenvalue weighted by molar-refractivity contribution is 0.177. The number of hydrogen-bond donors (Lipinski definition) is 1. The smallest absolute Gasteiger partial charge is 0.123 e. The molecule has 1 heterocycles. The number of halogens is 2. The highest BCUT2D eigenvalue weighted by atomic mass is 79.9. The monoisotopic (exact) mass is 309 g/mol. The Morgan fingerprint density at radius 2 is 2.17 bits per heavy atom. The van der Waals surface area contributed by atoms with Crippen LogP contribution in [0.2, 0.25) is 0 Å². The minimum absolute atomic E-state index is 0.302. The van der Waals surface area contributed by atoms with E-state index in [4.69, 9.17) is 0 Å². The highest BCUT2D eigenvalue weighted by Gasteiger charge is 2.13. The Morgan fingerprint density at radius 1 is 1.39 bits per heavy atom. The molecule has 0 spiro atoms. The second-order valence-electron chi connectivity index (χ2n) is 4.13. The third kappa shape index (κ3) is 2.94. The Balaban J connectivity index is 2.24. The van der Waals surface area contributed by atoms with E-state index < -0.39 is 6.10 Å². The van der Waals surface area contributed by atoms with Crippen LogP contribution in [0.1, 0.15) is 22.9 Å². The van der Waals surface area contributed by atoms with Gasteiger partial charge in [-0.2, -0.15) is 0 Å². The van der Waals surface area contributed by atoms with E-state index in [9.17, 15) is 9.50 Å². The molecule has 0 saturated carbocycles. The SMILES string of the molecule is Cc1ncccc1C(O)Cc1cc(F)ccc1Br. The number of nitrogens with zero attached hydrogens (tertiary/aromatic N) is 1. The van der Waals surface area contributed by atoms with Crippen molar-refractivity contribution in [2.24, 2.45) is 0 Å². The summed E-state index contributed by atoms with van der Waals surface area (Å²) in [5.41, 5.74) is 2.30. The first kappa shape index (κ1) is 13.2. The van der Waals surface area contributed by atoms with Crippen molar-refractivity contribution in [3.8, 4) is 0 Å². The maximum absolute atomic E-state index is 13.2. The van der Waals surface area contributed by atoms with E-state index in [2.05, 4.69) is 20.9 Å². The Hall–Kier alpha value is -1.26. The van der Waals surface area contributed by atoms with Crippen molar-refractivity contribution in [2.45, 2.75) is 19.4 Å². The number of benzene rings is 1. The Kier molecular flexibility index (Phi) is 4.09. The van der Waals surface area contributed by atoms with Crippen molar-refractivity contribution in [1.82, 2.24) is 4.98 Å². The van der Waals surface area contributed by atoms with Crippen LogP contribution in [0.25, 0.3) is 0 Å². The molecule has 2 aromatic rings. The molecule has 1 aromatic carbocycles. The predicted molar refractivity (Wildman–Crippen MR) is 71.7 cm³/mol. The van der Waals surface area contributed by atoms with Crippen molar-refractivity contribution in [3.63, 3.8) is 0 Å². The van der Waals surface area contributed by atoms with Crippen LogP contribution in [-0.2, 0) is 6.42 Å². The van der Waals surface area contributed by atoms with Crippen LogP contribution in [0.4, 0.5) is 4.39 Å². The highest BCUT2D eigenvalue weighted by Crippen LogP contribution is 2.25. The average Bonchev–Trinajstić information content (AvgIpc) is 2.34. The first-order valence-electron chi connectivity index (χ1n) is 5.61. The Bertz CT molecular complexity index is 559. The third-order valence-corrected chi connectivity index (χ3v) is 3.60. The summed E-state index contributed by atoms with van der Waals surface area (Å²) < 4.78 is 14.0. The van der Waals surface area contributed by atoms with E-state index in [1.807, 2.05) is 13.0 Å². The van der Waals surface area contributed by atoms with Crippen molar-refractivity contribution < 1.29 is 9.50 Å². The number of aliphatic hydroxyl groups is 1. The maximum atomic E-state index is 13.2. The number of aryl methyl sites for hydroxylation is 1. The molecule has 0 aliphatic rings. The van der Waals surface area contributed by atoms with Crippen molar-refractivity contribution >= 4 is 15.9 Å². The molecule has 4 heteroatoms. The van der Waals surface area contributed by atoms with Gasteiger partial charge in [0, 0.05) is 28.3 Å². The van der Waals surface area contributed by atoms with Gasteiger partial charge >= 0.3 is 0 Å². The normalized spacial score (nSPS) is 12.4. The number of rotatable bonds is 3. The van der Waals surface area contributed by atoms with Crippen LogP contribution in [0.15, 0.2) is 41.0 Å². The molecule has 0 aliphatic carbocycles. The lowest BCUT2D eigenvalue weighted by atomic mass is 10.0. The van der Waals surface area contributed by atoms with E-state index in [0.717, 1.165) is 21.3 Å². The van der Waals surface area contributed by atoms with Gasteiger partial charge in [0.05, 0.1) is 6.10 Å². The van der Waals surface area contributed by atoms with Crippen molar-refractivity contribution in [2.75, 3.05) is 0 Å². The topological polar surface area (TPSA) is 33.1 Å². The average molecular weight is 310 g/mol. The standard InChI is InChI=1S/C14H13BrFNO/c1-9-12(3-2-6-17-9)14(18)8-10-7-11(16)4-5-13(10)15/h2-7,14,18H,8H2,1H3. The molecule has 1 atom stereocenters. The molecule has 2 nitrogen and oxygen atoms in total. The number of hydrogen-bond acceptors (Lipinski definition) is 2. The lowest BCUT2D eigenvalue weighted by Gasteiger charge is -2.14. The minimum atomic E-state index is -0.684. The summed E-state index contributed by atoms with van der Waals surface area (Å²) in [6.07, 6.45) is 1.35. The first-order valence-corrected chi connectivity index (χ1v) is 6.40. The zero-order valence-electron chi connectivity index (χ0n) is 9.90. The maximum Gasteiger partial charge on any atom is 0.123 e. The summed E-state index contributed by atoms with van der Waals surface area (Å²) in [5, 5.41) is 10.2. The van der Waals surface area contributed by atoms with Crippen LogP contribution >= 0.6 is 15.9 Å². The Labute approximate surface area is 114 Å². The summed E-state index contributed by atoms with van der Waals surface area (Å²) in [6.45, 7) is 1.85. The molecular weight excluding hydrogens is 297 g/mol. The summed E-state index contributed by atoms with van der Waals surface area (Å²) in [7, 11) is 0. The largest absolute Gasteiger partial charge is 0.388 e. The van der Waals surface area contributed by atoms with E-state index in [-0.39, 0.29) is 5.82 Å². The molecule has 1 aromatic heterocycles. The van der Waals surface area contributed by atoms with Gasteiger partial charge in [-0.1, -0.05) is 22.0 Å². The van der Waals surface area contributed by atoms with Gasteiger partial charge in [-0.05, 0) is 36.8 Å². The van der Waals surface area contributed by atoms with Crippen LogP contribution in [0.3, 0.4) is 0 Å². The van der Waals surface area contributed by atoms with Crippen molar-refractivity contribution in [1.29, 1.82) is 0 Å². The molecular formula is C14H13BrFNO. The fraction of sp³-hybridized carbons (Fsp3) is 0.214. The van der Waals surface area contributed by atoms with E-state index >= 15 is 0 Å². The molecule has 0 bridgehead atoms. The fourth-order valence-corrected chi connectivity index (χ4v) is 2.28. The first-order chi connectivity index (χ1) is 8.58. The van der Waals surface area contributed by atoms with Gasteiger partial charge in [0.2, 0.25) is 0 Å². The molecule has 0 aliphatic heterocycles. The molecule has 0 radical (unpaired) electrons. The van der Waals surface area contributed by atoms with Gasteiger partial charge in [0.15, 0.2) is 0 Å². The van der Waals surface area contributed by atoms with Crippen LogP contribution in [0, 0.1) is 12.7 Å². The lowest BCUT2D eigenvalue weighted by Crippen LogP contribution is -2.05. The predicted octanol–water partition coefficient (Wildman–Crippen LogP) is 3.57. The van der Waals surface area contributed by atoms with E-state index in [1.165, 1.54) is 12.1 Å². The molecule has 0 saturated heterocycles. The van der Waals surface area contributed by atoms with Gasteiger partial charge in [0.25, 0.3) is 0 Å². The van der Waals surface area contributed by atoms with Gasteiger partial charge in [-0.3, -0.25) is 4.98 Å². The zero-order chi connectivity index (χ0) is 13.1. The summed E-state index contributed by atoms with van der Waals surface area (Å²) in [5.74, 6) is -0.302. The second kappa shape index (κ2) is 5.59. The van der Waals surface area contributed by atoms with Gasteiger partial charge in [0.1, 0.15) is 5.82 Å². The molecule has 1 N–H and O–H groups in total. The molecule has 0 amide bonds. The fourth-order valence-electron chi connectivity index (χ4n) is 1.87. The highest BCUT2D eigenvalue weighted by molar-refractivity contribution is 9.10. The number of pyridine rings is 1. The zero-order valence-corrected chi connectivity index (χ0v) is 11.5. The molecule has 94 valence electrons. The molecule has 1 unspecified atom stereocenters. The van der Waals surface area contributed by atoms with Crippen LogP contribution in [-0.4, -0.2) is 10.1 Å². The molecule has 2 rings (SSSR count). The van der Waals surface area contributed by atoms with Gasteiger partial charge in [-0.15, -0.1) is 0 Å². The van der Waals surface area contributed by atoms with Crippen LogP contribution in [0.5, 0.6) is 0 Å². The quantitative estimate of drug-likeness (QED) is 0.940. The van der Waals surface area contributed by atoms with Crippen molar-refractivity contribution in [3.05, 3.63) is 63.6 Å². The number of aliphatic hydroxyl groups excluding tert-OH is 1. The summed E-state index contributed by atoms with van der Waals surface area (Å²) in [4.78, 5) is 4.14. The van der Waals surface area contributed by atoms with E-state index in [0.29, 0.717) is 6.42 Å². The van der Waals surface area contributed by atoms with Gasteiger partial charge < -0.3 is 5.11 Å². The summed E-state index contributed by atoms with van der Waals surface area (Å²) >= 11 is 3.36. The molecule has 18 heavy (non-hydrogen) atoms. The third-order valence-electron chi connectivity index (χ3n) is 2.83. The van der Waals surface area contributed by atoms with Gasteiger partial charge in [-0.25, -0.2) is 4.39 Å². The van der Waals surface area contributed by atoms with E-state index in [1.54, 1.807) is 18.3 Å².